The Labute approximate surface area is 322 Å². The van der Waals surface area contributed by atoms with Crippen LogP contribution in [0.25, 0.3) is 21.9 Å². The lowest BCUT2D eigenvalue weighted by Gasteiger charge is -2.36. The number of benzene rings is 8. The highest BCUT2D eigenvalue weighted by atomic mass is 32.2. The minimum atomic E-state index is -0.102. The third-order valence-corrected chi connectivity index (χ3v) is 11.7. The Morgan fingerprint density at radius 1 is 0.444 bits per heavy atom. The van der Waals surface area contributed by atoms with E-state index in [-0.39, 0.29) is 5.41 Å². The molecule has 0 N–H and O–H groups in total. The molecule has 9 rings (SSSR count). The number of hydrogen-bond donors (Lipinski definition) is 0. The van der Waals surface area contributed by atoms with E-state index < -0.39 is 0 Å². The number of hydrogen-bond acceptors (Lipinski definition) is 4. The zero-order chi connectivity index (χ0) is 36.6. The van der Waals surface area contributed by atoms with Crippen molar-refractivity contribution >= 4 is 56.7 Å². The number of nitrogens with zero attached hydrogens (tertiary/aromatic N) is 2. The van der Waals surface area contributed by atoms with E-state index >= 15 is 0 Å². The summed E-state index contributed by atoms with van der Waals surface area (Å²) in [5.41, 5.74) is 11.4. The van der Waals surface area contributed by atoms with Gasteiger partial charge in [-0.2, -0.15) is 0 Å². The molecule has 0 aromatic heterocycles. The molecule has 0 amide bonds. The molecule has 8 aromatic rings. The van der Waals surface area contributed by atoms with E-state index in [1.54, 1.807) is 7.11 Å². The van der Waals surface area contributed by atoms with Gasteiger partial charge in [-0.25, -0.2) is 0 Å². The van der Waals surface area contributed by atoms with Crippen LogP contribution in [0.3, 0.4) is 0 Å². The van der Waals surface area contributed by atoms with Crippen LogP contribution in [0.5, 0.6) is 5.75 Å². The van der Waals surface area contributed by atoms with Crippen molar-refractivity contribution < 1.29 is 4.74 Å². The van der Waals surface area contributed by atoms with Gasteiger partial charge >= 0.3 is 0 Å². The molecule has 0 unspecified atom stereocenters. The van der Waals surface area contributed by atoms with Crippen LogP contribution in [-0.2, 0) is 5.41 Å². The molecule has 0 saturated carbocycles. The van der Waals surface area contributed by atoms with Gasteiger partial charge in [0.2, 0.25) is 0 Å². The average molecular weight is 717 g/mol. The SMILES string of the molecule is COc1ccc2cc(N(c3ccccc3)c3ccc4c(c3)Sc3ccccc3C4(C)C)cc(-c3ccccc3N(c3ccccc3)c3ccccc3)c2c1. The number of methoxy groups -OCH3 is 1. The summed E-state index contributed by atoms with van der Waals surface area (Å²) in [6.07, 6.45) is 0. The molecule has 1 aliphatic rings. The lowest BCUT2D eigenvalue weighted by Crippen LogP contribution is -2.24. The summed E-state index contributed by atoms with van der Waals surface area (Å²) in [6.45, 7) is 4.68. The summed E-state index contributed by atoms with van der Waals surface area (Å²) in [5.74, 6) is 0.825. The molecule has 1 aliphatic heterocycles. The Balaban J connectivity index is 1.27. The molecule has 262 valence electrons. The van der Waals surface area contributed by atoms with Gasteiger partial charge < -0.3 is 14.5 Å². The minimum absolute atomic E-state index is 0.102. The molecule has 1 heterocycles. The molecule has 4 heteroatoms. The number of fused-ring (bicyclic) bond motifs is 3. The molecule has 0 radical (unpaired) electrons. The molecule has 0 atom stereocenters. The summed E-state index contributed by atoms with van der Waals surface area (Å²) in [6, 6.07) is 67.6. The molecule has 3 nitrogen and oxygen atoms in total. The van der Waals surface area contributed by atoms with Crippen LogP contribution in [0, 0.1) is 0 Å². The molecule has 0 fully saturated rings. The summed E-state index contributed by atoms with van der Waals surface area (Å²) in [7, 11) is 1.74. The van der Waals surface area contributed by atoms with E-state index in [9.17, 15) is 0 Å². The van der Waals surface area contributed by atoms with Gasteiger partial charge in [-0.1, -0.05) is 129 Å². The first-order valence-corrected chi connectivity index (χ1v) is 19.2. The van der Waals surface area contributed by atoms with Gasteiger partial charge in [-0.15, -0.1) is 0 Å². The van der Waals surface area contributed by atoms with Crippen molar-refractivity contribution in [3.05, 3.63) is 199 Å². The normalized spacial score (nSPS) is 12.8. The van der Waals surface area contributed by atoms with Gasteiger partial charge in [0, 0.05) is 49.2 Å². The monoisotopic (exact) mass is 716 g/mol. The topological polar surface area (TPSA) is 15.7 Å². The van der Waals surface area contributed by atoms with Gasteiger partial charge in [0.25, 0.3) is 0 Å². The first-order chi connectivity index (χ1) is 26.5. The zero-order valence-electron chi connectivity index (χ0n) is 30.6. The molecular formula is C50H40N2OS. The molecule has 0 spiro atoms. The maximum Gasteiger partial charge on any atom is 0.119 e. The van der Waals surface area contributed by atoms with Crippen molar-refractivity contribution in [3.63, 3.8) is 0 Å². The highest BCUT2D eigenvalue weighted by molar-refractivity contribution is 7.99. The Kier molecular flexibility index (Phi) is 8.69. The summed E-state index contributed by atoms with van der Waals surface area (Å²) in [4.78, 5) is 7.35. The fraction of sp³-hybridized carbons (Fsp3) is 0.0800. The fourth-order valence-corrected chi connectivity index (χ4v) is 9.32. The van der Waals surface area contributed by atoms with E-state index in [1.165, 1.54) is 20.9 Å². The molecule has 0 aliphatic carbocycles. The quantitative estimate of drug-likeness (QED) is 0.155. The van der Waals surface area contributed by atoms with Gasteiger partial charge in [0.15, 0.2) is 0 Å². The van der Waals surface area contributed by atoms with Crippen molar-refractivity contribution in [3.8, 4) is 16.9 Å². The Morgan fingerprint density at radius 3 is 1.72 bits per heavy atom. The van der Waals surface area contributed by atoms with Crippen LogP contribution < -0.4 is 14.5 Å². The molecule has 0 saturated heterocycles. The highest BCUT2D eigenvalue weighted by Crippen LogP contribution is 2.51. The lowest BCUT2D eigenvalue weighted by atomic mass is 9.77. The molecule has 8 aromatic carbocycles. The predicted octanol–water partition coefficient (Wildman–Crippen LogP) is 14.2. The van der Waals surface area contributed by atoms with Crippen molar-refractivity contribution in [2.45, 2.75) is 29.1 Å². The largest absolute Gasteiger partial charge is 0.497 e. The smallest absolute Gasteiger partial charge is 0.119 e. The third kappa shape index (κ3) is 5.99. The predicted molar refractivity (Wildman–Crippen MR) is 228 cm³/mol. The Morgan fingerprint density at radius 2 is 1.04 bits per heavy atom. The van der Waals surface area contributed by atoms with Crippen LogP contribution in [0.1, 0.15) is 25.0 Å². The maximum absolute atomic E-state index is 5.82. The average Bonchev–Trinajstić information content (AvgIpc) is 3.22. The first kappa shape index (κ1) is 33.6. The van der Waals surface area contributed by atoms with Crippen LogP contribution in [0.4, 0.5) is 34.1 Å². The second kappa shape index (κ2) is 14.0. The second-order valence-electron chi connectivity index (χ2n) is 14.2. The van der Waals surface area contributed by atoms with Gasteiger partial charge in [0.1, 0.15) is 5.75 Å². The summed E-state index contributed by atoms with van der Waals surface area (Å²) < 4.78 is 5.82. The standard InChI is InChI=1S/C50H40N2OS/c1-50(2)45-24-14-16-26-48(45)54-49-33-39(28-30-46(49)50)51(36-17-7-4-8-18-36)40-31-35-27-29-41(53-3)34-43(35)44(32-40)42-23-13-15-25-47(42)52(37-19-9-5-10-20-37)38-21-11-6-12-22-38/h4-34H,1-3H3. The molecular weight excluding hydrogens is 677 g/mol. The van der Waals surface area contributed by atoms with Gasteiger partial charge in [-0.3, -0.25) is 0 Å². The molecule has 0 bridgehead atoms. The minimum Gasteiger partial charge on any atom is -0.497 e. The van der Waals surface area contributed by atoms with Crippen LogP contribution >= 0.6 is 11.8 Å². The van der Waals surface area contributed by atoms with Crippen molar-refractivity contribution in [1.82, 2.24) is 0 Å². The van der Waals surface area contributed by atoms with Crippen molar-refractivity contribution in [1.29, 1.82) is 0 Å². The Hall–Kier alpha value is -6.23. The lowest BCUT2D eigenvalue weighted by molar-refractivity contribution is 0.415. The van der Waals surface area contributed by atoms with E-state index in [0.717, 1.165) is 61.8 Å². The van der Waals surface area contributed by atoms with E-state index in [4.69, 9.17) is 4.74 Å². The van der Waals surface area contributed by atoms with E-state index in [0.29, 0.717) is 0 Å². The number of anilines is 6. The van der Waals surface area contributed by atoms with E-state index in [2.05, 4.69) is 212 Å². The van der Waals surface area contributed by atoms with Gasteiger partial charge in [0.05, 0.1) is 12.8 Å². The maximum atomic E-state index is 5.82. The highest BCUT2D eigenvalue weighted by Gasteiger charge is 2.33. The van der Waals surface area contributed by atoms with Crippen LogP contribution in [-0.4, -0.2) is 7.11 Å². The fourth-order valence-electron chi connectivity index (χ4n) is 7.89. The van der Waals surface area contributed by atoms with Crippen LogP contribution in [0.2, 0.25) is 0 Å². The third-order valence-electron chi connectivity index (χ3n) is 10.6. The van der Waals surface area contributed by atoms with Gasteiger partial charge in [-0.05, 0) is 112 Å². The second-order valence-corrected chi connectivity index (χ2v) is 15.3. The van der Waals surface area contributed by atoms with Crippen LogP contribution in [0.15, 0.2) is 198 Å². The first-order valence-electron chi connectivity index (χ1n) is 18.4. The van der Waals surface area contributed by atoms with Crippen molar-refractivity contribution in [2.75, 3.05) is 16.9 Å². The van der Waals surface area contributed by atoms with E-state index in [1.807, 2.05) is 11.8 Å². The number of para-hydroxylation sites is 4. The summed E-state index contributed by atoms with van der Waals surface area (Å²) >= 11 is 1.87. The number of ether oxygens (including phenoxy) is 1. The number of rotatable bonds is 8. The zero-order valence-corrected chi connectivity index (χ0v) is 31.4. The summed E-state index contributed by atoms with van der Waals surface area (Å²) in [5, 5.41) is 2.26. The molecule has 54 heavy (non-hydrogen) atoms. The Bertz CT molecular complexity index is 2560. The van der Waals surface area contributed by atoms with Crippen molar-refractivity contribution in [2.24, 2.45) is 0 Å².